The molecule has 7 heteroatoms. The Morgan fingerprint density at radius 1 is 1.20 bits per heavy atom. The fourth-order valence-corrected chi connectivity index (χ4v) is 3.90. The van der Waals surface area contributed by atoms with Crippen LogP contribution in [0.4, 0.5) is 0 Å². The number of primary sulfonamides is 1. The normalized spacial score (nSPS) is 16.6. The highest BCUT2D eigenvalue weighted by atomic mass is 32.2. The molecule has 0 spiro atoms. The molecule has 0 radical (unpaired) electrons. The number of carbonyl (C=O) groups excluding carboxylic acids is 1. The molecular weight excluding hydrogens is 338 g/mol. The number of hydrogen-bond acceptors (Lipinski definition) is 4. The molecule has 132 valence electrons. The van der Waals surface area contributed by atoms with Crippen LogP contribution >= 0.6 is 0 Å². The van der Waals surface area contributed by atoms with Crippen molar-refractivity contribution in [2.45, 2.75) is 43.2 Å². The first kappa shape index (κ1) is 17.6. The second-order valence-corrected chi connectivity index (χ2v) is 8.05. The van der Waals surface area contributed by atoms with E-state index < -0.39 is 15.6 Å². The lowest BCUT2D eigenvalue weighted by Crippen LogP contribution is -2.43. The second-order valence-electron chi connectivity index (χ2n) is 6.54. The van der Waals surface area contributed by atoms with Gasteiger partial charge in [-0.1, -0.05) is 42.7 Å². The smallest absolute Gasteiger partial charge is 0.255 e. The summed E-state index contributed by atoms with van der Waals surface area (Å²) in [6.07, 6.45) is 5.06. The fourth-order valence-electron chi connectivity index (χ4n) is 3.40. The molecular formula is C18H21N3O3S. The summed E-state index contributed by atoms with van der Waals surface area (Å²) >= 11 is 0. The lowest BCUT2D eigenvalue weighted by atomic mass is 9.87. The Bertz CT molecular complexity index is 903. The lowest BCUT2D eigenvalue weighted by molar-refractivity contribution is 0.0897. The van der Waals surface area contributed by atoms with Gasteiger partial charge in [0, 0.05) is 11.8 Å². The molecule has 0 bridgehead atoms. The zero-order chi connectivity index (χ0) is 18.1. The van der Waals surface area contributed by atoms with Crippen LogP contribution in [-0.2, 0) is 15.6 Å². The third-order valence-electron chi connectivity index (χ3n) is 4.67. The van der Waals surface area contributed by atoms with Crippen LogP contribution in [0.1, 0.15) is 47.2 Å². The summed E-state index contributed by atoms with van der Waals surface area (Å²) < 4.78 is 22.9. The Kier molecular flexibility index (Phi) is 4.62. The summed E-state index contributed by atoms with van der Waals surface area (Å²) in [4.78, 5) is 16.5. The monoisotopic (exact) mass is 359 g/mol. The Morgan fingerprint density at radius 3 is 2.56 bits per heavy atom. The molecule has 0 aliphatic heterocycles. The van der Waals surface area contributed by atoms with Crippen LogP contribution < -0.4 is 10.5 Å². The van der Waals surface area contributed by atoms with Gasteiger partial charge in [0.2, 0.25) is 0 Å². The maximum Gasteiger partial charge on any atom is 0.255 e. The number of nitrogens with one attached hydrogen (secondary N) is 1. The van der Waals surface area contributed by atoms with Crippen molar-refractivity contribution < 1.29 is 13.2 Å². The van der Waals surface area contributed by atoms with Gasteiger partial charge in [0.1, 0.15) is 0 Å². The molecule has 1 aliphatic rings. The standard InChI is InChI=1S/C18H21N3O3S/c1-13-5-4-6-15(11-13)18(8-2-3-9-18)21-17(22)14-7-10-20-16(12-14)25(19,23)24/h4-7,10-12H,2-3,8-9H2,1H3,(H,21,22)(H2,19,23,24). The molecule has 1 amide bonds. The number of benzene rings is 1. The molecule has 25 heavy (non-hydrogen) atoms. The van der Waals surface area contributed by atoms with Crippen molar-refractivity contribution in [1.82, 2.24) is 10.3 Å². The Hall–Kier alpha value is -2.25. The SMILES string of the molecule is Cc1cccc(C2(NC(=O)c3ccnc(S(N)(=O)=O)c3)CCCC2)c1. The first-order valence-electron chi connectivity index (χ1n) is 8.19. The molecule has 1 aromatic heterocycles. The van der Waals surface area contributed by atoms with Gasteiger partial charge in [0.05, 0.1) is 5.54 Å². The van der Waals surface area contributed by atoms with Gasteiger partial charge in [-0.15, -0.1) is 0 Å². The van der Waals surface area contributed by atoms with Crippen LogP contribution in [0, 0.1) is 6.92 Å². The summed E-state index contributed by atoms with van der Waals surface area (Å²) in [5, 5.41) is 7.92. The van der Waals surface area contributed by atoms with Crippen molar-refractivity contribution in [3.63, 3.8) is 0 Å². The Morgan fingerprint density at radius 2 is 1.92 bits per heavy atom. The van der Waals surface area contributed by atoms with Gasteiger partial charge in [0.25, 0.3) is 15.9 Å². The van der Waals surface area contributed by atoms with Crippen LogP contribution in [-0.4, -0.2) is 19.3 Å². The quantitative estimate of drug-likeness (QED) is 0.874. The first-order valence-corrected chi connectivity index (χ1v) is 9.73. The number of hydrogen-bond donors (Lipinski definition) is 2. The minimum absolute atomic E-state index is 0.234. The summed E-state index contributed by atoms with van der Waals surface area (Å²) in [5.74, 6) is -0.323. The van der Waals surface area contributed by atoms with E-state index in [0.717, 1.165) is 36.8 Å². The fraction of sp³-hybridized carbons (Fsp3) is 0.333. The highest BCUT2D eigenvalue weighted by molar-refractivity contribution is 7.89. The minimum Gasteiger partial charge on any atom is -0.343 e. The molecule has 1 aliphatic carbocycles. The van der Waals surface area contributed by atoms with Gasteiger partial charge in [-0.05, 0) is 37.5 Å². The summed E-state index contributed by atoms with van der Waals surface area (Å²) in [7, 11) is -3.95. The van der Waals surface area contributed by atoms with Crippen molar-refractivity contribution >= 4 is 15.9 Å². The predicted molar refractivity (Wildman–Crippen MR) is 94.4 cm³/mol. The average Bonchev–Trinajstić information content (AvgIpc) is 3.04. The number of carbonyl (C=O) groups is 1. The number of nitrogens with two attached hydrogens (primary N) is 1. The number of pyridine rings is 1. The van der Waals surface area contributed by atoms with Crippen molar-refractivity contribution in [2.75, 3.05) is 0 Å². The maximum atomic E-state index is 12.8. The highest BCUT2D eigenvalue weighted by Crippen LogP contribution is 2.39. The minimum atomic E-state index is -3.95. The van der Waals surface area contributed by atoms with E-state index in [9.17, 15) is 13.2 Å². The predicted octanol–water partition coefficient (Wildman–Crippen LogP) is 2.24. The largest absolute Gasteiger partial charge is 0.343 e. The molecule has 0 saturated heterocycles. The third-order valence-corrected chi connectivity index (χ3v) is 5.48. The number of amides is 1. The van der Waals surface area contributed by atoms with Crippen LogP contribution in [0.2, 0.25) is 0 Å². The molecule has 2 aromatic rings. The molecule has 3 N–H and O–H groups in total. The van der Waals surface area contributed by atoms with E-state index in [1.807, 2.05) is 25.1 Å². The summed E-state index contributed by atoms with van der Waals surface area (Å²) in [6, 6.07) is 10.8. The number of nitrogens with zero attached hydrogens (tertiary/aromatic N) is 1. The van der Waals surface area contributed by atoms with E-state index in [1.165, 1.54) is 18.3 Å². The van der Waals surface area contributed by atoms with Crippen molar-refractivity contribution in [3.8, 4) is 0 Å². The summed E-state index contributed by atoms with van der Waals surface area (Å²) in [5.41, 5.74) is 2.03. The zero-order valence-corrected chi connectivity index (χ0v) is 14.8. The maximum absolute atomic E-state index is 12.8. The van der Waals surface area contributed by atoms with Crippen LogP contribution in [0.25, 0.3) is 0 Å². The van der Waals surface area contributed by atoms with E-state index in [2.05, 4.69) is 16.4 Å². The molecule has 0 unspecified atom stereocenters. The number of rotatable bonds is 4. The topological polar surface area (TPSA) is 102 Å². The number of sulfonamides is 1. The van der Waals surface area contributed by atoms with Gasteiger partial charge < -0.3 is 5.32 Å². The Balaban J connectivity index is 1.92. The van der Waals surface area contributed by atoms with Gasteiger partial charge in [-0.25, -0.2) is 18.5 Å². The third kappa shape index (κ3) is 3.72. The number of aromatic nitrogens is 1. The molecule has 1 fully saturated rings. The van der Waals surface area contributed by atoms with E-state index in [0.29, 0.717) is 0 Å². The Labute approximate surface area is 147 Å². The van der Waals surface area contributed by atoms with Gasteiger partial charge in [-0.3, -0.25) is 4.79 Å². The molecule has 1 aromatic carbocycles. The first-order chi connectivity index (χ1) is 11.8. The van der Waals surface area contributed by atoms with E-state index in [1.54, 1.807) is 0 Å². The average molecular weight is 359 g/mol. The van der Waals surface area contributed by atoms with E-state index in [-0.39, 0.29) is 16.5 Å². The lowest BCUT2D eigenvalue weighted by Gasteiger charge is -2.31. The van der Waals surface area contributed by atoms with Crippen LogP contribution in [0.15, 0.2) is 47.6 Å². The van der Waals surface area contributed by atoms with Crippen molar-refractivity contribution in [1.29, 1.82) is 0 Å². The molecule has 0 atom stereocenters. The van der Waals surface area contributed by atoms with E-state index in [4.69, 9.17) is 5.14 Å². The van der Waals surface area contributed by atoms with Gasteiger partial charge in [0.15, 0.2) is 5.03 Å². The van der Waals surface area contributed by atoms with Crippen molar-refractivity contribution in [2.24, 2.45) is 5.14 Å². The second kappa shape index (κ2) is 6.57. The summed E-state index contributed by atoms with van der Waals surface area (Å²) in [6.45, 7) is 2.02. The molecule has 1 heterocycles. The molecule has 1 saturated carbocycles. The van der Waals surface area contributed by atoms with Gasteiger partial charge >= 0.3 is 0 Å². The number of aryl methyl sites for hydroxylation is 1. The van der Waals surface area contributed by atoms with Crippen LogP contribution in [0.5, 0.6) is 0 Å². The van der Waals surface area contributed by atoms with Crippen LogP contribution in [0.3, 0.4) is 0 Å². The zero-order valence-electron chi connectivity index (χ0n) is 14.0. The van der Waals surface area contributed by atoms with Gasteiger partial charge in [-0.2, -0.15) is 0 Å². The molecule has 3 rings (SSSR count). The highest BCUT2D eigenvalue weighted by Gasteiger charge is 2.37. The van der Waals surface area contributed by atoms with E-state index >= 15 is 0 Å². The molecule has 6 nitrogen and oxygen atoms in total. The van der Waals surface area contributed by atoms with Crippen molar-refractivity contribution in [3.05, 3.63) is 59.3 Å².